The van der Waals surface area contributed by atoms with Crippen molar-refractivity contribution in [1.29, 1.82) is 0 Å². The number of anilines is 3. The second kappa shape index (κ2) is 11.4. The Hall–Kier alpha value is -2.66. The van der Waals surface area contributed by atoms with Gasteiger partial charge in [-0.1, -0.05) is 12.5 Å². The van der Waals surface area contributed by atoms with Gasteiger partial charge < -0.3 is 24.6 Å². The van der Waals surface area contributed by atoms with Gasteiger partial charge in [0.25, 0.3) is 5.91 Å². The first-order valence-corrected chi connectivity index (χ1v) is 14.6. The van der Waals surface area contributed by atoms with Crippen LogP contribution in [0.1, 0.15) is 35.2 Å². The molecule has 0 spiro atoms. The summed E-state index contributed by atoms with van der Waals surface area (Å²) in [7, 11) is -3.64. The standard InChI is InChI=1S/C27H36N4O5S/c1-21-5-7-23(37(33,34)31-9-3-2-4-10-31)20-24(21)27(32)28-25-8-6-22(29-11-15-35-16-12-29)19-26(25)30-13-17-36-18-14-30/h5-8,19-20H,2-4,9-18H2,1H3,(H,28,32). The fraction of sp³-hybridized carbons (Fsp3) is 0.519. The number of carbonyl (C=O) groups is 1. The molecule has 3 aliphatic heterocycles. The van der Waals surface area contributed by atoms with Crippen LogP contribution in [0.5, 0.6) is 0 Å². The fourth-order valence-electron chi connectivity index (χ4n) is 5.16. The molecule has 0 unspecified atom stereocenters. The lowest BCUT2D eigenvalue weighted by Gasteiger charge is -2.33. The number of amides is 1. The lowest BCUT2D eigenvalue weighted by Crippen LogP contribution is -2.38. The molecule has 2 aromatic rings. The molecule has 3 aliphatic rings. The SMILES string of the molecule is Cc1ccc(S(=O)(=O)N2CCCCC2)cc1C(=O)Nc1ccc(N2CCOCC2)cc1N1CCOCC1. The number of nitrogens with one attached hydrogen (secondary N) is 1. The smallest absolute Gasteiger partial charge is 0.256 e. The number of morpholine rings is 2. The Morgan fingerprint density at radius 3 is 2.14 bits per heavy atom. The average molecular weight is 529 g/mol. The summed E-state index contributed by atoms with van der Waals surface area (Å²) < 4.78 is 39.1. The zero-order valence-electron chi connectivity index (χ0n) is 21.4. The van der Waals surface area contributed by atoms with Crippen LogP contribution in [0.15, 0.2) is 41.3 Å². The largest absolute Gasteiger partial charge is 0.378 e. The third kappa shape index (κ3) is 5.77. The normalized spacial score (nSPS) is 19.6. The van der Waals surface area contributed by atoms with Crippen molar-refractivity contribution in [2.75, 3.05) is 80.8 Å². The Morgan fingerprint density at radius 1 is 0.811 bits per heavy atom. The van der Waals surface area contributed by atoms with Gasteiger partial charge >= 0.3 is 0 Å². The predicted octanol–water partition coefficient (Wildman–Crippen LogP) is 3.10. The van der Waals surface area contributed by atoms with E-state index in [9.17, 15) is 13.2 Å². The molecule has 3 heterocycles. The number of piperidine rings is 1. The van der Waals surface area contributed by atoms with Crippen molar-refractivity contribution in [3.8, 4) is 0 Å². The van der Waals surface area contributed by atoms with Crippen LogP contribution in [0, 0.1) is 6.92 Å². The van der Waals surface area contributed by atoms with E-state index < -0.39 is 10.0 Å². The van der Waals surface area contributed by atoms with E-state index in [1.165, 1.54) is 10.4 Å². The molecule has 5 rings (SSSR count). The van der Waals surface area contributed by atoms with Crippen molar-refractivity contribution in [3.63, 3.8) is 0 Å². The van der Waals surface area contributed by atoms with Gasteiger partial charge in [0, 0.05) is 50.5 Å². The number of rotatable bonds is 6. The Bertz CT molecular complexity index is 1220. The van der Waals surface area contributed by atoms with Gasteiger partial charge in [0.15, 0.2) is 0 Å². The fourth-order valence-corrected chi connectivity index (χ4v) is 6.70. The highest BCUT2D eigenvalue weighted by molar-refractivity contribution is 7.89. The van der Waals surface area contributed by atoms with E-state index >= 15 is 0 Å². The van der Waals surface area contributed by atoms with E-state index in [4.69, 9.17) is 9.47 Å². The van der Waals surface area contributed by atoms with Crippen molar-refractivity contribution in [2.45, 2.75) is 31.1 Å². The van der Waals surface area contributed by atoms with Gasteiger partial charge in [-0.15, -0.1) is 0 Å². The molecule has 0 saturated carbocycles. The number of hydrogen-bond acceptors (Lipinski definition) is 7. The molecule has 10 heteroatoms. The van der Waals surface area contributed by atoms with Crippen LogP contribution in [0.2, 0.25) is 0 Å². The van der Waals surface area contributed by atoms with Gasteiger partial charge in [0.1, 0.15) is 0 Å². The highest BCUT2D eigenvalue weighted by Crippen LogP contribution is 2.33. The monoisotopic (exact) mass is 528 g/mol. The highest BCUT2D eigenvalue weighted by atomic mass is 32.2. The molecule has 0 aliphatic carbocycles. The van der Waals surface area contributed by atoms with E-state index in [0.717, 1.165) is 62.4 Å². The second-order valence-electron chi connectivity index (χ2n) is 9.80. The van der Waals surface area contributed by atoms with Crippen molar-refractivity contribution >= 4 is 33.0 Å². The van der Waals surface area contributed by atoms with Gasteiger partial charge in [-0.2, -0.15) is 4.31 Å². The minimum atomic E-state index is -3.64. The van der Waals surface area contributed by atoms with Crippen molar-refractivity contribution < 1.29 is 22.7 Å². The number of ether oxygens (including phenoxy) is 2. The maximum Gasteiger partial charge on any atom is 0.256 e. The maximum absolute atomic E-state index is 13.5. The molecule has 37 heavy (non-hydrogen) atoms. The van der Waals surface area contributed by atoms with E-state index in [1.54, 1.807) is 12.1 Å². The highest BCUT2D eigenvalue weighted by Gasteiger charge is 2.27. The van der Waals surface area contributed by atoms with Crippen LogP contribution in [0.4, 0.5) is 17.1 Å². The van der Waals surface area contributed by atoms with Crippen molar-refractivity contribution in [3.05, 3.63) is 47.5 Å². The summed E-state index contributed by atoms with van der Waals surface area (Å²) in [5.41, 5.74) is 3.83. The van der Waals surface area contributed by atoms with Gasteiger partial charge in [-0.3, -0.25) is 4.79 Å². The summed E-state index contributed by atoms with van der Waals surface area (Å²) in [4.78, 5) is 18.2. The summed E-state index contributed by atoms with van der Waals surface area (Å²) in [6.07, 6.45) is 2.77. The maximum atomic E-state index is 13.5. The molecule has 2 aromatic carbocycles. The van der Waals surface area contributed by atoms with E-state index in [-0.39, 0.29) is 10.8 Å². The first-order chi connectivity index (χ1) is 17.9. The predicted molar refractivity (Wildman–Crippen MR) is 144 cm³/mol. The first kappa shape index (κ1) is 26.0. The van der Waals surface area contributed by atoms with Crippen molar-refractivity contribution in [2.24, 2.45) is 0 Å². The topological polar surface area (TPSA) is 91.4 Å². The van der Waals surface area contributed by atoms with E-state index in [2.05, 4.69) is 21.2 Å². The third-order valence-corrected chi connectivity index (χ3v) is 9.26. The summed E-state index contributed by atoms with van der Waals surface area (Å²) in [5.74, 6) is -0.318. The lowest BCUT2D eigenvalue weighted by molar-refractivity contribution is 0.102. The molecular formula is C27H36N4O5S. The molecule has 0 aromatic heterocycles. The van der Waals surface area contributed by atoms with Crippen LogP contribution in [0.3, 0.4) is 0 Å². The lowest BCUT2D eigenvalue weighted by atomic mass is 10.1. The van der Waals surface area contributed by atoms with Gasteiger partial charge in [0.2, 0.25) is 10.0 Å². The number of sulfonamides is 1. The average Bonchev–Trinajstić information content (AvgIpc) is 2.95. The Balaban J connectivity index is 1.42. The van der Waals surface area contributed by atoms with Crippen LogP contribution in [0.25, 0.3) is 0 Å². The van der Waals surface area contributed by atoms with Crippen LogP contribution >= 0.6 is 0 Å². The molecule has 9 nitrogen and oxygen atoms in total. The van der Waals surface area contributed by atoms with Gasteiger partial charge in [-0.05, 0) is 55.7 Å². The number of nitrogens with zero attached hydrogens (tertiary/aromatic N) is 3. The van der Waals surface area contributed by atoms with Crippen molar-refractivity contribution in [1.82, 2.24) is 4.31 Å². The minimum absolute atomic E-state index is 0.168. The molecule has 3 saturated heterocycles. The molecular weight excluding hydrogens is 492 g/mol. The first-order valence-electron chi connectivity index (χ1n) is 13.1. The molecule has 0 atom stereocenters. The van der Waals surface area contributed by atoms with Crippen LogP contribution < -0.4 is 15.1 Å². The molecule has 3 fully saturated rings. The number of hydrogen-bond donors (Lipinski definition) is 1. The summed E-state index contributed by atoms with van der Waals surface area (Å²) in [5, 5.41) is 3.08. The Labute approximate surface area is 219 Å². The van der Waals surface area contributed by atoms with Crippen LogP contribution in [-0.4, -0.2) is 84.3 Å². The molecule has 1 amide bonds. The minimum Gasteiger partial charge on any atom is -0.378 e. The third-order valence-electron chi connectivity index (χ3n) is 7.36. The molecule has 200 valence electrons. The second-order valence-corrected chi connectivity index (χ2v) is 11.7. The Morgan fingerprint density at radius 2 is 1.46 bits per heavy atom. The van der Waals surface area contributed by atoms with E-state index in [0.29, 0.717) is 50.8 Å². The molecule has 1 N–H and O–H groups in total. The van der Waals surface area contributed by atoms with Gasteiger partial charge in [-0.25, -0.2) is 8.42 Å². The number of benzene rings is 2. The summed E-state index contributed by atoms with van der Waals surface area (Å²) >= 11 is 0. The van der Waals surface area contributed by atoms with Crippen LogP contribution in [-0.2, 0) is 19.5 Å². The zero-order chi connectivity index (χ0) is 25.8. The quantitative estimate of drug-likeness (QED) is 0.616. The Kier molecular flexibility index (Phi) is 7.99. The zero-order valence-corrected chi connectivity index (χ0v) is 22.3. The van der Waals surface area contributed by atoms with Gasteiger partial charge in [0.05, 0.1) is 42.7 Å². The number of aryl methyl sites for hydroxylation is 1. The number of carbonyl (C=O) groups excluding carboxylic acids is 1. The molecule has 0 bridgehead atoms. The molecule has 0 radical (unpaired) electrons. The summed E-state index contributed by atoms with van der Waals surface area (Å²) in [6, 6.07) is 10.9. The van der Waals surface area contributed by atoms with E-state index in [1.807, 2.05) is 19.1 Å². The summed E-state index contributed by atoms with van der Waals surface area (Å²) in [6.45, 7) is 8.65.